The van der Waals surface area contributed by atoms with E-state index >= 15 is 0 Å². The van der Waals surface area contributed by atoms with Crippen LogP contribution in [0.2, 0.25) is 0 Å². The normalized spacial score (nSPS) is 12.3. The average molecular weight is 284 g/mol. The number of H-pyrrole nitrogens is 1. The quantitative estimate of drug-likeness (QED) is 0.768. The molecule has 0 saturated carbocycles. The zero-order chi connectivity index (χ0) is 14.8. The van der Waals surface area contributed by atoms with Crippen molar-refractivity contribution in [2.45, 2.75) is 13.0 Å². The van der Waals surface area contributed by atoms with Crippen molar-refractivity contribution < 1.29 is 9.15 Å². The third kappa shape index (κ3) is 2.53. The van der Waals surface area contributed by atoms with Crippen molar-refractivity contribution in [3.63, 3.8) is 0 Å². The number of nitrogens with zero attached hydrogens (tertiary/aromatic N) is 2. The molecule has 1 atom stereocenters. The fourth-order valence-corrected chi connectivity index (χ4v) is 2.14. The first-order valence-corrected chi connectivity index (χ1v) is 6.55. The van der Waals surface area contributed by atoms with E-state index < -0.39 is 6.04 Å². The van der Waals surface area contributed by atoms with Gasteiger partial charge in [-0.05, 0) is 30.7 Å². The van der Waals surface area contributed by atoms with Gasteiger partial charge in [-0.3, -0.25) is 5.10 Å². The second-order valence-corrected chi connectivity index (χ2v) is 4.69. The Labute approximate surface area is 122 Å². The summed E-state index contributed by atoms with van der Waals surface area (Å²) in [6.45, 7) is 1.87. The summed E-state index contributed by atoms with van der Waals surface area (Å²) in [7, 11) is 1.62. The van der Waals surface area contributed by atoms with E-state index in [-0.39, 0.29) is 0 Å². The molecule has 3 aromatic rings. The van der Waals surface area contributed by atoms with Crippen molar-refractivity contribution in [2.75, 3.05) is 7.11 Å². The number of nitrogens with two attached hydrogens (primary N) is 1. The maximum atomic E-state index is 6.23. The van der Waals surface area contributed by atoms with Crippen LogP contribution in [0, 0.1) is 6.92 Å². The molecular formula is C15H16N4O2. The van der Waals surface area contributed by atoms with Gasteiger partial charge in [0.05, 0.1) is 25.0 Å². The predicted molar refractivity (Wildman–Crippen MR) is 77.8 cm³/mol. The van der Waals surface area contributed by atoms with Crippen LogP contribution in [0.15, 0.2) is 41.0 Å². The van der Waals surface area contributed by atoms with Crippen molar-refractivity contribution in [2.24, 2.45) is 5.73 Å². The van der Waals surface area contributed by atoms with Crippen LogP contribution < -0.4 is 10.5 Å². The van der Waals surface area contributed by atoms with Gasteiger partial charge in [0.25, 0.3) is 0 Å². The number of benzene rings is 1. The minimum atomic E-state index is -0.395. The number of aromatic amines is 1. The number of rotatable bonds is 4. The topological polar surface area (TPSA) is 90.0 Å². The van der Waals surface area contributed by atoms with Crippen LogP contribution in [0.3, 0.4) is 0 Å². The highest BCUT2D eigenvalue weighted by atomic mass is 16.5. The van der Waals surface area contributed by atoms with E-state index in [0.717, 1.165) is 22.6 Å². The largest absolute Gasteiger partial charge is 0.497 e. The summed E-state index contributed by atoms with van der Waals surface area (Å²) in [6.07, 6.45) is 1.61. The number of methoxy groups -OCH3 is 1. The Bertz CT molecular complexity index is 747. The van der Waals surface area contributed by atoms with Crippen LogP contribution in [-0.2, 0) is 0 Å². The molecule has 2 aromatic heterocycles. The smallest absolute Gasteiger partial charge is 0.184 e. The highest BCUT2D eigenvalue weighted by Gasteiger charge is 2.17. The van der Waals surface area contributed by atoms with Crippen LogP contribution in [-0.4, -0.2) is 22.3 Å². The lowest BCUT2D eigenvalue weighted by Gasteiger charge is -2.09. The SMILES string of the molecule is COc1cccc([C@@H](N)c2nc(-c3ccoc3C)n[nH]2)c1. The molecule has 0 aliphatic carbocycles. The van der Waals surface area contributed by atoms with E-state index in [1.165, 1.54) is 0 Å². The van der Waals surface area contributed by atoms with Crippen LogP contribution in [0.1, 0.15) is 23.2 Å². The first-order valence-electron chi connectivity index (χ1n) is 6.55. The molecule has 0 unspecified atom stereocenters. The second-order valence-electron chi connectivity index (χ2n) is 4.69. The van der Waals surface area contributed by atoms with Gasteiger partial charge >= 0.3 is 0 Å². The van der Waals surface area contributed by atoms with E-state index in [4.69, 9.17) is 14.9 Å². The molecule has 0 fully saturated rings. The lowest BCUT2D eigenvalue weighted by molar-refractivity contribution is 0.414. The van der Waals surface area contributed by atoms with E-state index in [1.807, 2.05) is 37.3 Å². The number of ether oxygens (including phenoxy) is 1. The zero-order valence-corrected chi connectivity index (χ0v) is 11.8. The Hall–Kier alpha value is -2.60. The minimum absolute atomic E-state index is 0.395. The van der Waals surface area contributed by atoms with Gasteiger partial charge in [0.15, 0.2) is 5.82 Å². The van der Waals surface area contributed by atoms with Crippen LogP contribution >= 0.6 is 0 Å². The lowest BCUT2D eigenvalue weighted by atomic mass is 10.1. The molecule has 3 rings (SSSR count). The van der Waals surface area contributed by atoms with Gasteiger partial charge in [0, 0.05) is 0 Å². The minimum Gasteiger partial charge on any atom is -0.497 e. The van der Waals surface area contributed by atoms with Crippen LogP contribution in [0.25, 0.3) is 11.4 Å². The van der Waals surface area contributed by atoms with Gasteiger partial charge in [0.2, 0.25) is 0 Å². The average Bonchev–Trinajstić information content (AvgIpc) is 3.15. The molecule has 0 aliphatic heterocycles. The summed E-state index contributed by atoms with van der Waals surface area (Å²) < 4.78 is 10.5. The molecule has 2 heterocycles. The Morgan fingerprint density at radius 1 is 1.33 bits per heavy atom. The highest BCUT2D eigenvalue weighted by molar-refractivity contribution is 5.56. The predicted octanol–water partition coefficient (Wildman–Crippen LogP) is 2.43. The molecule has 1 aromatic carbocycles. The molecule has 0 saturated heterocycles. The van der Waals surface area contributed by atoms with Crippen molar-refractivity contribution >= 4 is 0 Å². The molecule has 6 heteroatoms. The zero-order valence-electron chi connectivity index (χ0n) is 11.8. The Morgan fingerprint density at radius 3 is 2.90 bits per heavy atom. The van der Waals surface area contributed by atoms with Crippen LogP contribution in [0.5, 0.6) is 5.75 Å². The van der Waals surface area contributed by atoms with Gasteiger partial charge in [0.1, 0.15) is 17.3 Å². The van der Waals surface area contributed by atoms with E-state index in [2.05, 4.69) is 15.2 Å². The third-order valence-electron chi connectivity index (χ3n) is 3.35. The molecular weight excluding hydrogens is 268 g/mol. The molecule has 0 bridgehead atoms. The molecule has 108 valence electrons. The maximum Gasteiger partial charge on any atom is 0.184 e. The Morgan fingerprint density at radius 2 is 2.19 bits per heavy atom. The first-order chi connectivity index (χ1) is 10.2. The highest BCUT2D eigenvalue weighted by Crippen LogP contribution is 2.24. The van der Waals surface area contributed by atoms with Crippen LogP contribution in [0.4, 0.5) is 0 Å². The number of hydrogen-bond donors (Lipinski definition) is 2. The monoisotopic (exact) mass is 284 g/mol. The van der Waals surface area contributed by atoms with Crippen molar-refractivity contribution in [1.82, 2.24) is 15.2 Å². The summed E-state index contributed by atoms with van der Waals surface area (Å²) in [5.74, 6) is 2.71. The van der Waals surface area contributed by atoms with Gasteiger partial charge in [-0.2, -0.15) is 5.10 Å². The number of nitrogens with one attached hydrogen (secondary N) is 1. The number of aromatic nitrogens is 3. The van der Waals surface area contributed by atoms with Gasteiger partial charge < -0.3 is 14.9 Å². The second kappa shape index (κ2) is 5.41. The number of hydrogen-bond acceptors (Lipinski definition) is 5. The Kier molecular flexibility index (Phi) is 3.45. The number of furan rings is 1. The van der Waals surface area contributed by atoms with Gasteiger partial charge in [-0.15, -0.1) is 0 Å². The van der Waals surface area contributed by atoms with Crippen molar-refractivity contribution in [3.05, 3.63) is 53.7 Å². The molecule has 3 N–H and O–H groups in total. The summed E-state index contributed by atoms with van der Waals surface area (Å²) in [5, 5.41) is 7.09. The molecule has 0 amide bonds. The summed E-state index contributed by atoms with van der Waals surface area (Å²) in [4.78, 5) is 4.45. The van der Waals surface area contributed by atoms with Crippen molar-refractivity contribution in [3.8, 4) is 17.1 Å². The third-order valence-corrected chi connectivity index (χ3v) is 3.35. The standard InChI is InChI=1S/C15H16N4O2/c1-9-12(6-7-21-9)14-17-15(19-18-14)13(16)10-4-3-5-11(8-10)20-2/h3-8,13H,16H2,1-2H3,(H,17,18,19)/t13-/m1/s1. The molecule has 0 radical (unpaired) electrons. The van der Waals surface area contributed by atoms with Gasteiger partial charge in [-0.1, -0.05) is 12.1 Å². The van der Waals surface area contributed by atoms with Crippen molar-refractivity contribution in [1.29, 1.82) is 0 Å². The molecule has 6 nitrogen and oxygen atoms in total. The van der Waals surface area contributed by atoms with E-state index in [9.17, 15) is 0 Å². The maximum absolute atomic E-state index is 6.23. The fraction of sp³-hybridized carbons (Fsp3) is 0.200. The molecule has 21 heavy (non-hydrogen) atoms. The van der Waals surface area contributed by atoms with Gasteiger partial charge in [-0.25, -0.2) is 4.98 Å². The first kappa shape index (κ1) is 13.4. The molecule has 0 aliphatic rings. The molecule has 0 spiro atoms. The fourth-order valence-electron chi connectivity index (χ4n) is 2.14. The number of aryl methyl sites for hydroxylation is 1. The summed E-state index contributed by atoms with van der Waals surface area (Å²) >= 11 is 0. The van der Waals surface area contributed by atoms with E-state index in [1.54, 1.807) is 13.4 Å². The lowest BCUT2D eigenvalue weighted by Crippen LogP contribution is -2.13. The summed E-state index contributed by atoms with van der Waals surface area (Å²) in [5.41, 5.74) is 7.99. The summed E-state index contributed by atoms with van der Waals surface area (Å²) in [6, 6.07) is 9.02. The Balaban J connectivity index is 1.90. The van der Waals surface area contributed by atoms with E-state index in [0.29, 0.717) is 11.6 Å².